The van der Waals surface area contributed by atoms with Crippen LogP contribution < -0.4 is 4.74 Å². The van der Waals surface area contributed by atoms with E-state index in [1.54, 1.807) is 45.0 Å². The van der Waals surface area contributed by atoms with Crippen molar-refractivity contribution in [3.8, 4) is 5.75 Å². The predicted molar refractivity (Wildman–Crippen MR) is 108 cm³/mol. The fourth-order valence-electron chi connectivity index (χ4n) is 2.93. The molecule has 1 N–H and O–H groups in total. The third-order valence-electron chi connectivity index (χ3n) is 4.28. The van der Waals surface area contributed by atoms with Crippen LogP contribution in [0.3, 0.4) is 0 Å². The Morgan fingerprint density at radius 1 is 1.00 bits per heavy atom. The van der Waals surface area contributed by atoms with Crippen molar-refractivity contribution in [2.75, 3.05) is 6.61 Å². The van der Waals surface area contributed by atoms with Gasteiger partial charge in [0.25, 0.3) is 0 Å². The quantitative estimate of drug-likeness (QED) is 0.530. The number of H-pyrrole nitrogens is 1. The van der Waals surface area contributed by atoms with Gasteiger partial charge in [0.05, 0.1) is 29.5 Å². The van der Waals surface area contributed by atoms with Crippen LogP contribution in [0.2, 0.25) is 0 Å². The maximum atomic E-state index is 12.8. The third-order valence-corrected chi connectivity index (χ3v) is 4.28. The van der Waals surface area contributed by atoms with Gasteiger partial charge < -0.3 is 19.2 Å². The number of nitrogens with one attached hydrogen (secondary N) is 1. The van der Waals surface area contributed by atoms with Crippen molar-refractivity contribution in [1.82, 2.24) is 4.98 Å². The fourth-order valence-corrected chi connectivity index (χ4v) is 2.93. The number of aryl methyl sites for hydroxylation is 1. The van der Waals surface area contributed by atoms with Gasteiger partial charge in [-0.25, -0.2) is 9.59 Å². The SMILES string of the molecule is CCOC(=O)c1c(C)[nH]c(C(=O)[C@@H](C)OC(=O)c2ccc(OC(C)C)cc2)c1C. The van der Waals surface area contributed by atoms with Gasteiger partial charge >= 0.3 is 11.9 Å². The molecule has 0 radical (unpaired) electrons. The van der Waals surface area contributed by atoms with Gasteiger partial charge in [-0.1, -0.05) is 0 Å². The van der Waals surface area contributed by atoms with Crippen molar-refractivity contribution < 1.29 is 28.6 Å². The van der Waals surface area contributed by atoms with Crippen LogP contribution in [0.4, 0.5) is 0 Å². The average molecular weight is 401 g/mol. The molecule has 0 aliphatic heterocycles. The molecule has 1 heterocycles. The third kappa shape index (κ3) is 5.25. The number of benzene rings is 1. The number of carbonyl (C=O) groups is 3. The van der Waals surface area contributed by atoms with Gasteiger partial charge in [-0.15, -0.1) is 0 Å². The lowest BCUT2D eigenvalue weighted by molar-refractivity contribution is 0.0316. The zero-order valence-corrected chi connectivity index (χ0v) is 17.6. The van der Waals surface area contributed by atoms with E-state index >= 15 is 0 Å². The van der Waals surface area contributed by atoms with E-state index in [9.17, 15) is 14.4 Å². The minimum atomic E-state index is -1.03. The van der Waals surface area contributed by atoms with Crippen molar-refractivity contribution in [3.63, 3.8) is 0 Å². The summed E-state index contributed by atoms with van der Waals surface area (Å²) in [5.41, 5.74) is 1.88. The molecule has 0 amide bonds. The number of carbonyl (C=O) groups excluding carboxylic acids is 3. The van der Waals surface area contributed by atoms with Gasteiger partial charge in [-0.2, -0.15) is 0 Å². The zero-order chi connectivity index (χ0) is 21.7. The Morgan fingerprint density at radius 3 is 2.17 bits per heavy atom. The number of Topliss-reactive ketones (excluding diaryl/α,β-unsaturated/α-hetero) is 1. The predicted octanol–water partition coefficient (Wildman–Crippen LogP) is 4.02. The summed E-state index contributed by atoms with van der Waals surface area (Å²) in [6.07, 6.45) is -1.00. The summed E-state index contributed by atoms with van der Waals surface area (Å²) in [4.78, 5) is 40.2. The molecule has 0 unspecified atom stereocenters. The molecule has 7 nitrogen and oxygen atoms in total. The fraction of sp³-hybridized carbons (Fsp3) is 0.409. The minimum Gasteiger partial charge on any atom is -0.491 e. The van der Waals surface area contributed by atoms with Crippen LogP contribution in [0.5, 0.6) is 5.75 Å². The van der Waals surface area contributed by atoms with E-state index in [-0.39, 0.29) is 18.4 Å². The molecule has 1 aromatic heterocycles. The van der Waals surface area contributed by atoms with Crippen molar-refractivity contribution >= 4 is 17.7 Å². The van der Waals surface area contributed by atoms with Crippen LogP contribution in [0.25, 0.3) is 0 Å². The Hall–Kier alpha value is -3.09. The molecule has 2 aromatic rings. The second-order valence-corrected chi connectivity index (χ2v) is 6.95. The normalized spacial score (nSPS) is 11.8. The van der Waals surface area contributed by atoms with E-state index in [0.29, 0.717) is 28.1 Å². The summed E-state index contributed by atoms with van der Waals surface area (Å²) >= 11 is 0. The van der Waals surface area contributed by atoms with E-state index in [2.05, 4.69) is 4.98 Å². The Balaban J connectivity index is 2.12. The highest BCUT2D eigenvalue weighted by molar-refractivity contribution is 6.04. The minimum absolute atomic E-state index is 0.0254. The molecule has 2 rings (SSSR count). The smallest absolute Gasteiger partial charge is 0.340 e. The maximum absolute atomic E-state index is 12.8. The summed E-state index contributed by atoms with van der Waals surface area (Å²) in [6, 6.07) is 6.51. The molecular weight excluding hydrogens is 374 g/mol. The molecule has 7 heteroatoms. The van der Waals surface area contributed by atoms with E-state index in [1.165, 1.54) is 6.92 Å². The van der Waals surface area contributed by atoms with Gasteiger partial charge in [0.1, 0.15) is 5.75 Å². The number of hydrogen-bond acceptors (Lipinski definition) is 6. The molecule has 1 aromatic carbocycles. The van der Waals surface area contributed by atoms with Gasteiger partial charge in [0.15, 0.2) is 6.10 Å². The first kappa shape index (κ1) is 22.2. The monoisotopic (exact) mass is 401 g/mol. The Labute approximate surface area is 170 Å². The molecule has 0 spiro atoms. The number of aromatic amines is 1. The average Bonchev–Trinajstić information content (AvgIpc) is 2.95. The van der Waals surface area contributed by atoms with Crippen LogP contribution in [0, 0.1) is 13.8 Å². The largest absolute Gasteiger partial charge is 0.491 e. The van der Waals surface area contributed by atoms with E-state index in [0.717, 1.165) is 0 Å². The number of hydrogen-bond donors (Lipinski definition) is 1. The molecule has 0 aliphatic rings. The van der Waals surface area contributed by atoms with Crippen LogP contribution in [-0.2, 0) is 9.47 Å². The van der Waals surface area contributed by atoms with Gasteiger partial charge in [-0.3, -0.25) is 4.79 Å². The first-order chi connectivity index (χ1) is 13.6. The Kier molecular flexibility index (Phi) is 7.20. The van der Waals surface area contributed by atoms with Crippen LogP contribution in [0.1, 0.15) is 70.2 Å². The van der Waals surface area contributed by atoms with Gasteiger partial charge in [0, 0.05) is 5.69 Å². The van der Waals surface area contributed by atoms with Crippen molar-refractivity contribution in [2.24, 2.45) is 0 Å². The topological polar surface area (TPSA) is 94.7 Å². The molecule has 0 saturated heterocycles. The summed E-state index contributed by atoms with van der Waals surface area (Å²) in [5.74, 6) is -0.890. The summed E-state index contributed by atoms with van der Waals surface area (Å²) < 4.78 is 15.9. The molecule has 156 valence electrons. The highest BCUT2D eigenvalue weighted by atomic mass is 16.5. The highest BCUT2D eigenvalue weighted by Crippen LogP contribution is 2.21. The molecule has 0 aliphatic carbocycles. The van der Waals surface area contributed by atoms with Crippen LogP contribution in [-0.4, -0.2) is 41.5 Å². The Morgan fingerprint density at radius 2 is 1.62 bits per heavy atom. The molecule has 0 bridgehead atoms. The van der Waals surface area contributed by atoms with E-state index in [1.807, 2.05) is 13.8 Å². The number of ketones is 1. The first-order valence-corrected chi connectivity index (χ1v) is 9.53. The lowest BCUT2D eigenvalue weighted by Crippen LogP contribution is -2.25. The zero-order valence-electron chi connectivity index (χ0n) is 17.6. The molecule has 0 fully saturated rings. The van der Waals surface area contributed by atoms with Crippen LogP contribution in [0.15, 0.2) is 24.3 Å². The number of rotatable bonds is 8. The molecule has 1 atom stereocenters. The molecular formula is C22H27NO6. The molecule has 0 saturated carbocycles. The highest BCUT2D eigenvalue weighted by Gasteiger charge is 2.27. The summed E-state index contributed by atoms with van der Waals surface area (Å²) in [7, 11) is 0. The van der Waals surface area contributed by atoms with E-state index in [4.69, 9.17) is 14.2 Å². The standard InChI is InChI=1S/C22H27NO6/c1-7-27-22(26)18-13(4)19(23-14(18)5)20(24)15(6)29-21(25)16-8-10-17(11-9-16)28-12(2)3/h8-12,15,23H,7H2,1-6H3/t15-/m1/s1. The lowest BCUT2D eigenvalue weighted by Gasteiger charge is -2.13. The number of aromatic nitrogens is 1. The lowest BCUT2D eigenvalue weighted by atomic mass is 10.1. The maximum Gasteiger partial charge on any atom is 0.340 e. The Bertz CT molecular complexity index is 895. The number of ether oxygens (including phenoxy) is 3. The second kappa shape index (κ2) is 9.41. The van der Waals surface area contributed by atoms with Crippen molar-refractivity contribution in [3.05, 3.63) is 52.3 Å². The first-order valence-electron chi connectivity index (χ1n) is 9.53. The number of esters is 2. The molecule has 29 heavy (non-hydrogen) atoms. The summed E-state index contributed by atoms with van der Waals surface area (Å²) in [6.45, 7) is 10.6. The second-order valence-electron chi connectivity index (χ2n) is 6.95. The van der Waals surface area contributed by atoms with Crippen LogP contribution >= 0.6 is 0 Å². The summed E-state index contributed by atoms with van der Waals surface area (Å²) in [5, 5.41) is 0. The van der Waals surface area contributed by atoms with Crippen molar-refractivity contribution in [1.29, 1.82) is 0 Å². The van der Waals surface area contributed by atoms with Gasteiger partial charge in [0.2, 0.25) is 5.78 Å². The van der Waals surface area contributed by atoms with E-state index < -0.39 is 23.8 Å². The van der Waals surface area contributed by atoms with Crippen molar-refractivity contribution in [2.45, 2.75) is 53.8 Å². The van der Waals surface area contributed by atoms with Gasteiger partial charge in [-0.05, 0) is 71.4 Å².